The summed E-state index contributed by atoms with van der Waals surface area (Å²) in [4.78, 5) is 28.6. The third kappa shape index (κ3) is 5.43. The van der Waals surface area contributed by atoms with Gasteiger partial charge in [0.1, 0.15) is 24.2 Å². The van der Waals surface area contributed by atoms with Crippen molar-refractivity contribution < 1.29 is 19.4 Å². The number of carboxylic acids is 1. The van der Waals surface area contributed by atoms with E-state index in [0.717, 1.165) is 0 Å². The number of carbonyl (C=O) groups excluding carboxylic acids is 1. The lowest BCUT2D eigenvalue weighted by atomic mass is 10.5. The Bertz CT molecular complexity index is 421. The van der Waals surface area contributed by atoms with Crippen LogP contribution in [0.25, 0.3) is 0 Å². The van der Waals surface area contributed by atoms with Crippen molar-refractivity contribution in [2.24, 2.45) is 0 Å². The molecule has 0 spiro atoms. The van der Waals surface area contributed by atoms with E-state index in [-0.39, 0.29) is 16.3 Å². The predicted octanol–water partition coefficient (Wildman–Crippen LogP) is 0.823. The van der Waals surface area contributed by atoms with Gasteiger partial charge in [-0.1, -0.05) is 11.6 Å². The zero-order valence-electron chi connectivity index (χ0n) is 8.31. The summed E-state index contributed by atoms with van der Waals surface area (Å²) in [6, 6.07) is 1.29. The summed E-state index contributed by atoms with van der Waals surface area (Å²) in [7, 11) is 0. The van der Waals surface area contributed by atoms with Crippen molar-refractivity contribution in [3.05, 3.63) is 16.5 Å². The van der Waals surface area contributed by atoms with Crippen LogP contribution in [0.3, 0.4) is 0 Å². The second-order valence-electron chi connectivity index (χ2n) is 2.78. The summed E-state index contributed by atoms with van der Waals surface area (Å²) in [5, 5.41) is 10.6. The lowest BCUT2D eigenvalue weighted by Crippen LogP contribution is -2.21. The molecule has 7 nitrogen and oxygen atoms in total. The van der Waals surface area contributed by atoms with Gasteiger partial charge in [-0.15, -0.1) is 0 Å². The number of rotatable bonds is 5. The van der Waals surface area contributed by atoms with E-state index in [4.69, 9.17) is 28.3 Å². The van der Waals surface area contributed by atoms with Gasteiger partial charge in [-0.3, -0.25) is 4.79 Å². The standard InChI is InChI=1S/C8H7Cl2N3O4/c9-4-1-5(13-8(10)11-4)12-6(14)2-17-3-7(15)16/h1H,2-3H2,(H,15,16)(H,11,12,13,14). The number of aliphatic carboxylic acids is 1. The number of amides is 1. The van der Waals surface area contributed by atoms with Gasteiger partial charge >= 0.3 is 5.97 Å². The van der Waals surface area contributed by atoms with Crippen LogP contribution in [-0.4, -0.2) is 40.2 Å². The average Bonchev–Trinajstić information content (AvgIpc) is 2.14. The summed E-state index contributed by atoms with van der Waals surface area (Å²) in [6.45, 7) is -0.968. The molecule has 1 heterocycles. The van der Waals surface area contributed by atoms with Gasteiger partial charge in [0.05, 0.1) is 0 Å². The molecule has 0 radical (unpaired) electrons. The molecule has 0 fully saturated rings. The highest BCUT2D eigenvalue weighted by atomic mass is 35.5. The van der Waals surface area contributed by atoms with Crippen LogP contribution >= 0.6 is 23.2 Å². The number of carboxylic acid groups (broad SMARTS) is 1. The van der Waals surface area contributed by atoms with E-state index in [1.807, 2.05) is 0 Å². The van der Waals surface area contributed by atoms with Crippen molar-refractivity contribution in [2.75, 3.05) is 18.5 Å². The third-order valence-electron chi connectivity index (χ3n) is 1.39. The normalized spacial score (nSPS) is 10.0. The zero-order chi connectivity index (χ0) is 12.8. The van der Waals surface area contributed by atoms with Crippen LogP contribution in [0.1, 0.15) is 0 Å². The largest absolute Gasteiger partial charge is 0.480 e. The summed E-state index contributed by atoms with van der Waals surface area (Å²) >= 11 is 11.1. The molecule has 0 aliphatic rings. The van der Waals surface area contributed by atoms with Crippen molar-refractivity contribution in [3.8, 4) is 0 Å². The maximum Gasteiger partial charge on any atom is 0.329 e. The van der Waals surface area contributed by atoms with Gasteiger partial charge in [-0.2, -0.15) is 0 Å². The molecular formula is C8H7Cl2N3O4. The molecule has 92 valence electrons. The minimum absolute atomic E-state index is 0.0757. The average molecular weight is 280 g/mol. The van der Waals surface area contributed by atoms with Gasteiger partial charge in [0.15, 0.2) is 0 Å². The zero-order valence-corrected chi connectivity index (χ0v) is 9.83. The first kappa shape index (κ1) is 13.6. The van der Waals surface area contributed by atoms with E-state index in [9.17, 15) is 9.59 Å². The van der Waals surface area contributed by atoms with Crippen molar-refractivity contribution in [1.29, 1.82) is 0 Å². The van der Waals surface area contributed by atoms with E-state index in [1.165, 1.54) is 6.07 Å². The van der Waals surface area contributed by atoms with Gasteiger partial charge < -0.3 is 15.2 Å². The highest BCUT2D eigenvalue weighted by molar-refractivity contribution is 6.32. The second kappa shape index (κ2) is 6.33. The number of hydrogen-bond acceptors (Lipinski definition) is 5. The van der Waals surface area contributed by atoms with Crippen LogP contribution in [-0.2, 0) is 14.3 Å². The minimum atomic E-state index is -1.16. The molecule has 1 amide bonds. The molecule has 1 aromatic rings. The molecular weight excluding hydrogens is 273 g/mol. The fourth-order valence-corrected chi connectivity index (χ4v) is 1.27. The van der Waals surface area contributed by atoms with E-state index < -0.39 is 25.1 Å². The van der Waals surface area contributed by atoms with Gasteiger partial charge in [-0.25, -0.2) is 14.8 Å². The summed E-state index contributed by atoms with van der Waals surface area (Å²) in [6.07, 6.45) is 0. The molecule has 0 bridgehead atoms. The molecule has 0 aliphatic heterocycles. The van der Waals surface area contributed by atoms with Gasteiger partial charge in [0.25, 0.3) is 5.91 Å². The second-order valence-corrected chi connectivity index (χ2v) is 3.50. The molecule has 0 saturated carbocycles. The Labute approximate surface area is 106 Å². The Morgan fingerprint density at radius 3 is 2.65 bits per heavy atom. The maximum atomic E-state index is 11.2. The molecule has 0 unspecified atom stereocenters. The Morgan fingerprint density at radius 1 is 1.35 bits per heavy atom. The van der Waals surface area contributed by atoms with Crippen LogP contribution in [0.5, 0.6) is 0 Å². The topological polar surface area (TPSA) is 101 Å². The fraction of sp³-hybridized carbons (Fsp3) is 0.250. The first-order valence-electron chi connectivity index (χ1n) is 4.27. The number of anilines is 1. The maximum absolute atomic E-state index is 11.2. The SMILES string of the molecule is O=C(O)COCC(=O)Nc1cc(Cl)nc(Cl)n1. The molecule has 1 rings (SSSR count). The van der Waals surface area contributed by atoms with Crippen LogP contribution in [0, 0.1) is 0 Å². The summed E-state index contributed by atoms with van der Waals surface area (Å²) in [5.74, 6) is -1.62. The molecule has 1 aromatic heterocycles. The van der Waals surface area contributed by atoms with Gasteiger partial charge in [-0.05, 0) is 11.6 Å². The van der Waals surface area contributed by atoms with Crippen molar-refractivity contribution >= 4 is 40.9 Å². The summed E-state index contributed by atoms with van der Waals surface area (Å²) < 4.78 is 4.57. The van der Waals surface area contributed by atoms with E-state index in [2.05, 4.69) is 20.0 Å². The Balaban J connectivity index is 2.47. The van der Waals surface area contributed by atoms with Crippen LogP contribution in [0.15, 0.2) is 6.07 Å². The minimum Gasteiger partial charge on any atom is -0.480 e. The Morgan fingerprint density at radius 2 is 2.06 bits per heavy atom. The highest BCUT2D eigenvalue weighted by Crippen LogP contribution is 2.13. The first-order chi connectivity index (χ1) is 7.97. The molecule has 0 aliphatic carbocycles. The molecule has 0 atom stereocenters. The third-order valence-corrected chi connectivity index (χ3v) is 1.76. The monoisotopic (exact) mass is 279 g/mol. The Kier molecular flexibility index (Phi) is 5.08. The van der Waals surface area contributed by atoms with Crippen molar-refractivity contribution in [1.82, 2.24) is 9.97 Å². The van der Waals surface area contributed by atoms with Gasteiger partial charge in [0, 0.05) is 6.07 Å². The number of nitrogens with one attached hydrogen (secondary N) is 1. The van der Waals surface area contributed by atoms with Gasteiger partial charge in [0.2, 0.25) is 5.28 Å². The fourth-order valence-electron chi connectivity index (χ4n) is 0.864. The lowest BCUT2D eigenvalue weighted by molar-refractivity contribution is -0.143. The van der Waals surface area contributed by atoms with Crippen molar-refractivity contribution in [2.45, 2.75) is 0 Å². The van der Waals surface area contributed by atoms with Crippen LogP contribution in [0.2, 0.25) is 10.4 Å². The molecule has 0 saturated heterocycles. The number of aromatic nitrogens is 2. The number of hydrogen-bond donors (Lipinski definition) is 2. The lowest BCUT2D eigenvalue weighted by Gasteiger charge is -2.04. The highest BCUT2D eigenvalue weighted by Gasteiger charge is 2.07. The smallest absolute Gasteiger partial charge is 0.329 e. The van der Waals surface area contributed by atoms with Crippen molar-refractivity contribution in [3.63, 3.8) is 0 Å². The Hall–Kier alpha value is -1.44. The van der Waals surface area contributed by atoms with E-state index in [1.54, 1.807) is 0 Å². The number of nitrogens with zero attached hydrogens (tertiary/aromatic N) is 2. The number of carbonyl (C=O) groups is 2. The van der Waals surface area contributed by atoms with E-state index in [0.29, 0.717) is 0 Å². The molecule has 0 aromatic carbocycles. The summed E-state index contributed by atoms with van der Waals surface area (Å²) in [5.41, 5.74) is 0. The van der Waals surface area contributed by atoms with E-state index >= 15 is 0 Å². The van der Waals surface area contributed by atoms with Crippen LogP contribution < -0.4 is 5.32 Å². The first-order valence-corrected chi connectivity index (χ1v) is 5.02. The number of halogens is 2. The molecule has 17 heavy (non-hydrogen) atoms. The van der Waals surface area contributed by atoms with Crippen LogP contribution in [0.4, 0.5) is 5.82 Å². The quantitative estimate of drug-likeness (QED) is 0.611. The predicted molar refractivity (Wildman–Crippen MR) is 59.1 cm³/mol. The molecule has 9 heteroatoms. The number of ether oxygens (including phenoxy) is 1. The molecule has 2 N–H and O–H groups in total.